The number of hydrogen-bond donors (Lipinski definition) is 1. The Morgan fingerprint density at radius 2 is 1.77 bits per heavy atom. The van der Waals surface area contributed by atoms with Gasteiger partial charge in [-0.1, -0.05) is 12.1 Å². The molecule has 30 heavy (non-hydrogen) atoms. The number of fused-ring (bicyclic) bond motifs is 1. The van der Waals surface area contributed by atoms with Gasteiger partial charge < -0.3 is 24.8 Å². The van der Waals surface area contributed by atoms with Crippen molar-refractivity contribution in [2.45, 2.75) is 6.42 Å². The average molecular weight is 407 g/mol. The highest BCUT2D eigenvalue weighted by atomic mass is 16.5. The van der Waals surface area contributed by atoms with Crippen molar-refractivity contribution in [3.63, 3.8) is 0 Å². The molecule has 2 heterocycles. The lowest BCUT2D eigenvalue weighted by atomic mass is 10.1. The SMILES string of the molecule is CN1CCN(CCCOc2ccc(-c3cc(=O)c4ccccc4n3C)cc2N)CC1. The maximum atomic E-state index is 12.5. The Hall–Kier alpha value is -2.83. The number of aromatic nitrogens is 1. The lowest BCUT2D eigenvalue weighted by Gasteiger charge is -2.32. The molecule has 0 atom stereocenters. The van der Waals surface area contributed by atoms with E-state index in [9.17, 15) is 4.79 Å². The highest BCUT2D eigenvalue weighted by Crippen LogP contribution is 2.29. The molecule has 1 saturated heterocycles. The molecule has 1 aromatic heterocycles. The monoisotopic (exact) mass is 406 g/mol. The van der Waals surface area contributed by atoms with E-state index < -0.39 is 0 Å². The van der Waals surface area contributed by atoms with Crippen LogP contribution in [0.25, 0.3) is 22.2 Å². The first-order chi connectivity index (χ1) is 14.5. The molecular formula is C24H30N4O2. The number of nitrogens with two attached hydrogens (primary N) is 1. The Kier molecular flexibility index (Phi) is 6.06. The fraction of sp³-hybridized carbons (Fsp3) is 0.375. The minimum absolute atomic E-state index is 0.0153. The van der Waals surface area contributed by atoms with Gasteiger partial charge in [0.1, 0.15) is 5.75 Å². The summed E-state index contributed by atoms with van der Waals surface area (Å²) in [6.07, 6.45) is 0.976. The number of aryl methyl sites for hydroxylation is 1. The van der Waals surface area contributed by atoms with Gasteiger partial charge in [-0.3, -0.25) is 4.79 Å². The van der Waals surface area contributed by atoms with E-state index in [-0.39, 0.29) is 5.43 Å². The maximum absolute atomic E-state index is 12.5. The normalized spacial score (nSPS) is 15.5. The van der Waals surface area contributed by atoms with Gasteiger partial charge in [0.25, 0.3) is 0 Å². The van der Waals surface area contributed by atoms with Gasteiger partial charge in [0.15, 0.2) is 5.43 Å². The molecule has 0 aliphatic carbocycles. The van der Waals surface area contributed by atoms with Gasteiger partial charge in [0, 0.05) is 56.8 Å². The molecule has 0 amide bonds. The lowest BCUT2D eigenvalue weighted by molar-refractivity contribution is 0.145. The average Bonchev–Trinajstić information content (AvgIpc) is 2.76. The Balaban J connectivity index is 1.43. The molecule has 3 aromatic rings. The molecule has 0 bridgehead atoms. The Morgan fingerprint density at radius 1 is 1.00 bits per heavy atom. The minimum atomic E-state index is 0.0153. The molecule has 2 aromatic carbocycles. The predicted molar refractivity (Wildman–Crippen MR) is 123 cm³/mol. The number of nitrogens with zero attached hydrogens (tertiary/aromatic N) is 3. The van der Waals surface area contributed by atoms with Crippen LogP contribution in [0.5, 0.6) is 5.75 Å². The van der Waals surface area contributed by atoms with Gasteiger partial charge in [-0.15, -0.1) is 0 Å². The second-order valence-corrected chi connectivity index (χ2v) is 8.07. The molecular weight excluding hydrogens is 376 g/mol. The molecule has 6 nitrogen and oxygen atoms in total. The Bertz CT molecular complexity index is 1080. The Morgan fingerprint density at radius 3 is 2.53 bits per heavy atom. The quantitative estimate of drug-likeness (QED) is 0.504. The third kappa shape index (κ3) is 4.35. The molecule has 1 fully saturated rings. The summed E-state index contributed by atoms with van der Waals surface area (Å²) in [7, 11) is 4.14. The van der Waals surface area contributed by atoms with Crippen LogP contribution in [0.4, 0.5) is 5.69 Å². The van der Waals surface area contributed by atoms with Crippen molar-refractivity contribution in [1.29, 1.82) is 0 Å². The first-order valence-electron chi connectivity index (χ1n) is 10.6. The van der Waals surface area contributed by atoms with Crippen LogP contribution < -0.4 is 15.9 Å². The number of hydrogen-bond acceptors (Lipinski definition) is 5. The summed E-state index contributed by atoms with van der Waals surface area (Å²) < 4.78 is 7.96. The standard InChI is InChI=1S/C24H30N4O2/c1-26-11-13-28(14-12-26)10-5-15-30-24-9-8-18(16-20(24)25)22-17-23(29)19-6-3-4-7-21(19)27(22)2/h3-4,6-9,16-17H,5,10-15,25H2,1-2H3. The van der Waals surface area contributed by atoms with E-state index in [4.69, 9.17) is 10.5 Å². The number of rotatable bonds is 6. The summed E-state index contributed by atoms with van der Waals surface area (Å²) in [4.78, 5) is 17.4. The number of para-hydroxylation sites is 1. The zero-order chi connectivity index (χ0) is 21.1. The fourth-order valence-corrected chi connectivity index (χ4v) is 4.06. The lowest BCUT2D eigenvalue weighted by Crippen LogP contribution is -2.44. The largest absolute Gasteiger partial charge is 0.491 e. The van der Waals surface area contributed by atoms with Crippen LogP contribution in [0, 0.1) is 0 Å². The third-order valence-electron chi connectivity index (χ3n) is 5.94. The molecule has 4 rings (SSSR count). The van der Waals surface area contributed by atoms with Crippen LogP contribution in [-0.4, -0.2) is 60.7 Å². The predicted octanol–water partition coefficient (Wildman–Crippen LogP) is 2.80. The highest BCUT2D eigenvalue weighted by molar-refractivity contribution is 5.83. The fourth-order valence-electron chi connectivity index (χ4n) is 4.06. The zero-order valence-corrected chi connectivity index (χ0v) is 17.8. The molecule has 0 radical (unpaired) electrons. The van der Waals surface area contributed by atoms with Gasteiger partial charge in [0.05, 0.1) is 23.5 Å². The first kappa shape index (κ1) is 20.4. The van der Waals surface area contributed by atoms with E-state index in [0.29, 0.717) is 18.0 Å². The number of likely N-dealkylation sites (N-methyl/N-ethyl adjacent to an activating group) is 1. The van der Waals surface area contributed by atoms with Gasteiger partial charge in [-0.2, -0.15) is 0 Å². The van der Waals surface area contributed by atoms with Gasteiger partial charge in [-0.05, 0) is 43.8 Å². The molecule has 1 aliphatic heterocycles. The third-order valence-corrected chi connectivity index (χ3v) is 5.94. The first-order valence-corrected chi connectivity index (χ1v) is 10.6. The number of benzene rings is 2. The van der Waals surface area contributed by atoms with Crippen molar-refractivity contribution in [3.05, 3.63) is 58.8 Å². The summed E-state index contributed by atoms with van der Waals surface area (Å²) in [5.74, 6) is 0.697. The zero-order valence-electron chi connectivity index (χ0n) is 17.8. The number of pyridine rings is 1. The van der Waals surface area contributed by atoms with Crippen molar-refractivity contribution < 1.29 is 4.74 Å². The van der Waals surface area contributed by atoms with E-state index in [1.807, 2.05) is 54.1 Å². The van der Waals surface area contributed by atoms with Crippen LogP contribution in [0.3, 0.4) is 0 Å². The molecule has 2 N–H and O–H groups in total. The van der Waals surface area contributed by atoms with Gasteiger partial charge in [-0.25, -0.2) is 0 Å². The summed E-state index contributed by atoms with van der Waals surface area (Å²) in [5.41, 5.74) is 9.53. The van der Waals surface area contributed by atoms with E-state index in [0.717, 1.165) is 61.3 Å². The minimum Gasteiger partial charge on any atom is -0.491 e. The number of anilines is 1. The van der Waals surface area contributed by atoms with Gasteiger partial charge in [0.2, 0.25) is 0 Å². The number of ether oxygens (including phenoxy) is 1. The summed E-state index contributed by atoms with van der Waals surface area (Å²) in [6.45, 7) is 6.20. The topological polar surface area (TPSA) is 63.7 Å². The van der Waals surface area contributed by atoms with Crippen LogP contribution in [0.1, 0.15) is 6.42 Å². The van der Waals surface area contributed by atoms with Gasteiger partial charge >= 0.3 is 0 Å². The summed E-state index contributed by atoms with van der Waals surface area (Å²) >= 11 is 0. The van der Waals surface area contributed by atoms with Crippen molar-refractivity contribution in [1.82, 2.24) is 14.4 Å². The van der Waals surface area contributed by atoms with Crippen LogP contribution in [-0.2, 0) is 7.05 Å². The highest BCUT2D eigenvalue weighted by Gasteiger charge is 2.13. The summed E-state index contributed by atoms with van der Waals surface area (Å²) in [5, 5.41) is 0.719. The summed E-state index contributed by atoms with van der Waals surface area (Å²) in [6, 6.07) is 15.1. The van der Waals surface area contributed by atoms with Crippen molar-refractivity contribution >= 4 is 16.6 Å². The number of piperazine rings is 1. The Labute approximate surface area is 177 Å². The molecule has 0 spiro atoms. The van der Waals surface area contributed by atoms with Crippen molar-refractivity contribution in [2.75, 3.05) is 52.1 Å². The van der Waals surface area contributed by atoms with E-state index in [1.165, 1.54) is 0 Å². The van der Waals surface area contributed by atoms with Crippen molar-refractivity contribution in [2.24, 2.45) is 7.05 Å². The molecule has 0 saturated carbocycles. The van der Waals surface area contributed by atoms with E-state index in [2.05, 4.69) is 16.8 Å². The second kappa shape index (κ2) is 8.90. The van der Waals surface area contributed by atoms with Crippen LogP contribution >= 0.6 is 0 Å². The molecule has 6 heteroatoms. The number of nitrogen functional groups attached to an aromatic ring is 1. The maximum Gasteiger partial charge on any atom is 0.190 e. The molecule has 0 unspecified atom stereocenters. The van der Waals surface area contributed by atoms with E-state index >= 15 is 0 Å². The second-order valence-electron chi connectivity index (χ2n) is 8.07. The van der Waals surface area contributed by atoms with Crippen LogP contribution in [0.2, 0.25) is 0 Å². The van der Waals surface area contributed by atoms with E-state index in [1.54, 1.807) is 6.07 Å². The van der Waals surface area contributed by atoms with Crippen molar-refractivity contribution in [3.8, 4) is 17.0 Å². The molecule has 158 valence electrons. The molecule has 1 aliphatic rings. The van der Waals surface area contributed by atoms with Crippen LogP contribution in [0.15, 0.2) is 53.3 Å². The smallest absolute Gasteiger partial charge is 0.190 e.